The Kier molecular flexibility index (Phi) is 4.29. The Balaban J connectivity index is 1.83. The predicted octanol–water partition coefficient (Wildman–Crippen LogP) is 3.41. The van der Waals surface area contributed by atoms with Gasteiger partial charge in [-0.15, -0.1) is 5.10 Å². The Morgan fingerprint density at radius 1 is 1.13 bits per heavy atom. The number of tetrazole rings is 1. The van der Waals surface area contributed by atoms with Gasteiger partial charge in [0.05, 0.1) is 11.4 Å². The minimum absolute atomic E-state index is 0.0880. The average molecular weight is 377 g/mol. The number of aromatic amines is 1. The number of hydrogen-bond donors (Lipinski definition) is 3. The number of carbonyl (C=O) groups is 1. The number of amides is 2. The lowest BCUT2D eigenvalue weighted by molar-refractivity contribution is 0.262. The standard InChI is InChI=1S/C14H10BrFN6O/c15-8-5-6-11(9(7-8)13-19-21-22-20-13)17-14(23)18-12-4-2-1-3-10(12)16/h1-7H,(H2,17,18,23)(H,19,20,21,22). The molecule has 0 bridgehead atoms. The lowest BCUT2D eigenvalue weighted by atomic mass is 10.1. The van der Waals surface area contributed by atoms with Gasteiger partial charge in [-0.3, -0.25) is 0 Å². The first-order valence-electron chi connectivity index (χ1n) is 6.49. The Morgan fingerprint density at radius 3 is 2.65 bits per heavy atom. The minimum atomic E-state index is -0.578. The number of nitrogens with one attached hydrogen (secondary N) is 3. The summed E-state index contributed by atoms with van der Waals surface area (Å²) >= 11 is 3.35. The van der Waals surface area contributed by atoms with Crippen molar-refractivity contribution in [3.8, 4) is 11.4 Å². The van der Waals surface area contributed by atoms with Gasteiger partial charge in [-0.25, -0.2) is 14.3 Å². The third-order valence-corrected chi connectivity index (χ3v) is 3.45. The van der Waals surface area contributed by atoms with Gasteiger partial charge in [0.15, 0.2) is 5.82 Å². The van der Waals surface area contributed by atoms with Gasteiger partial charge in [-0.05, 0) is 40.8 Å². The van der Waals surface area contributed by atoms with Gasteiger partial charge < -0.3 is 10.6 Å². The van der Waals surface area contributed by atoms with E-state index in [-0.39, 0.29) is 5.69 Å². The number of carbonyl (C=O) groups excluding carboxylic acids is 1. The lowest BCUT2D eigenvalue weighted by Crippen LogP contribution is -2.20. The van der Waals surface area contributed by atoms with Gasteiger partial charge in [0.25, 0.3) is 0 Å². The fourth-order valence-corrected chi connectivity index (χ4v) is 2.29. The quantitative estimate of drug-likeness (QED) is 0.652. The van der Waals surface area contributed by atoms with Crippen molar-refractivity contribution in [2.24, 2.45) is 0 Å². The maximum Gasteiger partial charge on any atom is 0.323 e. The van der Waals surface area contributed by atoms with Crippen molar-refractivity contribution in [2.75, 3.05) is 10.6 Å². The molecule has 0 aliphatic heterocycles. The van der Waals surface area contributed by atoms with Crippen LogP contribution in [-0.4, -0.2) is 26.7 Å². The van der Waals surface area contributed by atoms with Crippen LogP contribution < -0.4 is 10.6 Å². The molecule has 0 unspecified atom stereocenters. The van der Waals surface area contributed by atoms with Gasteiger partial charge in [0, 0.05) is 10.0 Å². The summed E-state index contributed by atoms with van der Waals surface area (Å²) in [6.45, 7) is 0. The number of urea groups is 1. The smallest absolute Gasteiger partial charge is 0.307 e. The van der Waals surface area contributed by atoms with E-state index in [0.717, 1.165) is 4.47 Å². The van der Waals surface area contributed by atoms with Crippen molar-refractivity contribution >= 4 is 33.3 Å². The molecule has 2 aromatic carbocycles. The highest BCUT2D eigenvalue weighted by molar-refractivity contribution is 9.10. The SMILES string of the molecule is O=C(Nc1ccccc1F)Nc1ccc(Br)cc1-c1nnn[nH]1. The molecule has 116 valence electrons. The maximum atomic E-state index is 13.6. The second kappa shape index (κ2) is 6.53. The van der Waals surface area contributed by atoms with Crippen LogP contribution in [-0.2, 0) is 0 Å². The maximum absolute atomic E-state index is 13.6. The molecule has 1 heterocycles. The number of hydrogen-bond acceptors (Lipinski definition) is 4. The van der Waals surface area contributed by atoms with Crippen molar-refractivity contribution in [3.05, 3.63) is 52.8 Å². The highest BCUT2D eigenvalue weighted by Gasteiger charge is 2.13. The van der Waals surface area contributed by atoms with E-state index in [9.17, 15) is 9.18 Å². The lowest BCUT2D eigenvalue weighted by Gasteiger charge is -2.11. The van der Waals surface area contributed by atoms with Gasteiger partial charge in [0.2, 0.25) is 0 Å². The van der Waals surface area contributed by atoms with Crippen molar-refractivity contribution in [3.63, 3.8) is 0 Å². The van der Waals surface area contributed by atoms with Crippen LogP contribution in [0.2, 0.25) is 0 Å². The molecule has 0 saturated carbocycles. The summed E-state index contributed by atoms with van der Waals surface area (Å²) in [7, 11) is 0. The molecule has 3 rings (SSSR count). The summed E-state index contributed by atoms with van der Waals surface area (Å²) in [6.07, 6.45) is 0. The summed E-state index contributed by atoms with van der Waals surface area (Å²) in [5.41, 5.74) is 1.15. The molecule has 2 amide bonds. The highest BCUT2D eigenvalue weighted by Crippen LogP contribution is 2.28. The number of rotatable bonds is 3. The first kappa shape index (κ1) is 15.1. The number of anilines is 2. The van der Waals surface area contributed by atoms with E-state index >= 15 is 0 Å². The monoisotopic (exact) mass is 376 g/mol. The summed E-state index contributed by atoms with van der Waals surface area (Å²) in [6, 6.07) is 10.5. The molecular formula is C14H10BrFN6O. The first-order valence-corrected chi connectivity index (χ1v) is 7.29. The number of aromatic nitrogens is 4. The molecule has 0 radical (unpaired) electrons. The first-order chi connectivity index (χ1) is 11.1. The van der Waals surface area contributed by atoms with Gasteiger partial charge in [0.1, 0.15) is 5.82 Å². The third kappa shape index (κ3) is 3.51. The van der Waals surface area contributed by atoms with Crippen molar-refractivity contribution in [1.82, 2.24) is 20.6 Å². The van der Waals surface area contributed by atoms with E-state index in [2.05, 4.69) is 47.2 Å². The minimum Gasteiger partial charge on any atom is -0.307 e. The molecule has 9 heteroatoms. The predicted molar refractivity (Wildman–Crippen MR) is 86.4 cm³/mol. The summed E-state index contributed by atoms with van der Waals surface area (Å²) in [4.78, 5) is 12.1. The third-order valence-electron chi connectivity index (χ3n) is 2.95. The number of H-pyrrole nitrogens is 1. The van der Waals surface area contributed by atoms with E-state index in [1.165, 1.54) is 12.1 Å². The Bertz CT molecular complexity index is 839. The van der Waals surface area contributed by atoms with Crippen molar-refractivity contribution in [2.45, 2.75) is 0 Å². The van der Waals surface area contributed by atoms with Crippen LogP contribution in [0.5, 0.6) is 0 Å². The van der Waals surface area contributed by atoms with E-state index < -0.39 is 11.8 Å². The van der Waals surface area contributed by atoms with Crippen LogP contribution in [0.1, 0.15) is 0 Å². The average Bonchev–Trinajstić information content (AvgIpc) is 3.05. The summed E-state index contributed by atoms with van der Waals surface area (Å²) in [5.74, 6) is -0.120. The van der Waals surface area contributed by atoms with Crippen LogP contribution in [0.4, 0.5) is 20.6 Å². The van der Waals surface area contributed by atoms with Crippen LogP contribution >= 0.6 is 15.9 Å². The molecule has 1 aromatic heterocycles. The van der Waals surface area contributed by atoms with E-state index in [1.807, 2.05) is 0 Å². The molecule has 7 nitrogen and oxygen atoms in total. The van der Waals surface area contributed by atoms with Gasteiger partial charge in [-0.2, -0.15) is 0 Å². The van der Waals surface area contributed by atoms with Gasteiger partial charge >= 0.3 is 6.03 Å². The molecule has 0 aliphatic carbocycles. The molecule has 0 atom stereocenters. The zero-order chi connectivity index (χ0) is 16.2. The fraction of sp³-hybridized carbons (Fsp3) is 0. The second-order valence-corrected chi connectivity index (χ2v) is 5.41. The fourth-order valence-electron chi connectivity index (χ4n) is 1.93. The van der Waals surface area contributed by atoms with E-state index in [4.69, 9.17) is 0 Å². The van der Waals surface area contributed by atoms with E-state index in [0.29, 0.717) is 17.1 Å². The Morgan fingerprint density at radius 2 is 1.91 bits per heavy atom. The van der Waals surface area contributed by atoms with Crippen LogP contribution in [0.25, 0.3) is 11.4 Å². The molecule has 3 aromatic rings. The second-order valence-electron chi connectivity index (χ2n) is 4.50. The van der Waals surface area contributed by atoms with Gasteiger partial charge in [-0.1, -0.05) is 28.1 Å². The molecular weight excluding hydrogens is 367 g/mol. The highest BCUT2D eigenvalue weighted by atomic mass is 79.9. The number of benzene rings is 2. The molecule has 3 N–H and O–H groups in total. The van der Waals surface area contributed by atoms with E-state index in [1.54, 1.807) is 30.3 Å². The molecule has 0 spiro atoms. The molecule has 0 fully saturated rings. The van der Waals surface area contributed by atoms with Crippen molar-refractivity contribution < 1.29 is 9.18 Å². The largest absolute Gasteiger partial charge is 0.323 e. The number of para-hydroxylation sites is 1. The number of nitrogens with zero attached hydrogens (tertiary/aromatic N) is 3. The number of halogens is 2. The molecule has 0 aliphatic rings. The summed E-state index contributed by atoms with van der Waals surface area (Å²) in [5, 5.41) is 18.6. The zero-order valence-electron chi connectivity index (χ0n) is 11.5. The Hall–Kier alpha value is -2.81. The Labute approximate surface area is 138 Å². The molecule has 0 saturated heterocycles. The molecule has 23 heavy (non-hydrogen) atoms. The van der Waals surface area contributed by atoms with Crippen molar-refractivity contribution in [1.29, 1.82) is 0 Å². The topological polar surface area (TPSA) is 95.6 Å². The van der Waals surface area contributed by atoms with Crippen LogP contribution in [0.3, 0.4) is 0 Å². The normalized spacial score (nSPS) is 10.3. The van der Waals surface area contributed by atoms with Crippen LogP contribution in [0, 0.1) is 5.82 Å². The van der Waals surface area contributed by atoms with Crippen LogP contribution in [0.15, 0.2) is 46.9 Å². The zero-order valence-corrected chi connectivity index (χ0v) is 13.1. The summed E-state index contributed by atoms with van der Waals surface area (Å²) < 4.78 is 14.4.